The van der Waals surface area contributed by atoms with Crippen LogP contribution in [0.5, 0.6) is 0 Å². The van der Waals surface area contributed by atoms with Crippen LogP contribution in [0.4, 0.5) is 8.78 Å². The predicted molar refractivity (Wildman–Crippen MR) is 59.1 cm³/mol. The van der Waals surface area contributed by atoms with E-state index >= 15 is 0 Å². The SMILES string of the molecule is CSCCC(O)Cc1ccc(F)c(F)c1. The Morgan fingerprint density at radius 2 is 2.07 bits per heavy atom. The molecule has 0 heterocycles. The van der Waals surface area contributed by atoms with Gasteiger partial charge in [-0.25, -0.2) is 8.78 Å². The van der Waals surface area contributed by atoms with Crippen molar-refractivity contribution < 1.29 is 13.9 Å². The van der Waals surface area contributed by atoms with Gasteiger partial charge in [0.2, 0.25) is 0 Å². The van der Waals surface area contributed by atoms with E-state index in [1.165, 1.54) is 6.07 Å². The molecule has 1 nitrogen and oxygen atoms in total. The zero-order chi connectivity index (χ0) is 11.3. The molecule has 0 amide bonds. The number of rotatable bonds is 5. The molecule has 0 radical (unpaired) electrons. The second-order valence-electron chi connectivity index (χ2n) is 3.39. The normalized spacial score (nSPS) is 12.8. The molecule has 0 aliphatic rings. The summed E-state index contributed by atoms with van der Waals surface area (Å²) < 4.78 is 25.4. The average Bonchev–Trinajstić information content (AvgIpc) is 2.20. The summed E-state index contributed by atoms with van der Waals surface area (Å²) in [5.74, 6) is -0.841. The molecule has 1 aromatic rings. The quantitative estimate of drug-likeness (QED) is 0.842. The maximum absolute atomic E-state index is 12.8. The first-order chi connectivity index (χ1) is 7.13. The molecule has 0 bridgehead atoms. The van der Waals surface area contributed by atoms with Crippen molar-refractivity contribution in [3.05, 3.63) is 35.4 Å². The van der Waals surface area contributed by atoms with Crippen LogP contribution in [0.3, 0.4) is 0 Å². The first kappa shape index (κ1) is 12.5. The fourth-order valence-corrected chi connectivity index (χ4v) is 1.80. The van der Waals surface area contributed by atoms with Gasteiger partial charge in [-0.15, -0.1) is 0 Å². The van der Waals surface area contributed by atoms with Gasteiger partial charge in [-0.05, 0) is 42.5 Å². The molecule has 0 aliphatic carbocycles. The Balaban J connectivity index is 2.53. The third-order valence-electron chi connectivity index (χ3n) is 2.11. The second kappa shape index (κ2) is 6.08. The van der Waals surface area contributed by atoms with Crippen LogP contribution in [0.25, 0.3) is 0 Å². The summed E-state index contributed by atoms with van der Waals surface area (Å²) >= 11 is 1.65. The number of benzene rings is 1. The van der Waals surface area contributed by atoms with E-state index < -0.39 is 17.7 Å². The maximum Gasteiger partial charge on any atom is 0.159 e. The Morgan fingerprint density at radius 3 is 2.67 bits per heavy atom. The molecule has 1 unspecified atom stereocenters. The van der Waals surface area contributed by atoms with Crippen LogP contribution in [0, 0.1) is 11.6 Å². The summed E-state index contributed by atoms with van der Waals surface area (Å²) in [6.07, 6.45) is 2.52. The second-order valence-corrected chi connectivity index (χ2v) is 4.37. The van der Waals surface area contributed by atoms with Crippen molar-refractivity contribution in [3.8, 4) is 0 Å². The third-order valence-corrected chi connectivity index (χ3v) is 2.75. The highest BCUT2D eigenvalue weighted by molar-refractivity contribution is 7.98. The maximum atomic E-state index is 12.8. The van der Waals surface area contributed by atoms with Crippen molar-refractivity contribution in [2.75, 3.05) is 12.0 Å². The van der Waals surface area contributed by atoms with E-state index in [0.717, 1.165) is 17.9 Å². The van der Waals surface area contributed by atoms with Gasteiger partial charge in [-0.3, -0.25) is 0 Å². The minimum atomic E-state index is -0.857. The van der Waals surface area contributed by atoms with Gasteiger partial charge in [0.05, 0.1) is 6.10 Å². The van der Waals surface area contributed by atoms with Crippen LogP contribution >= 0.6 is 11.8 Å². The summed E-state index contributed by atoms with van der Waals surface area (Å²) in [4.78, 5) is 0. The third kappa shape index (κ3) is 4.18. The molecular weight excluding hydrogens is 218 g/mol. The van der Waals surface area contributed by atoms with Crippen molar-refractivity contribution in [1.82, 2.24) is 0 Å². The molecule has 1 atom stereocenters. The fourth-order valence-electron chi connectivity index (χ4n) is 1.29. The monoisotopic (exact) mass is 232 g/mol. The number of halogens is 2. The molecule has 0 aliphatic heterocycles. The van der Waals surface area contributed by atoms with Gasteiger partial charge in [0.25, 0.3) is 0 Å². The van der Waals surface area contributed by atoms with E-state index in [2.05, 4.69) is 0 Å². The van der Waals surface area contributed by atoms with Crippen molar-refractivity contribution in [2.24, 2.45) is 0 Å². The summed E-state index contributed by atoms with van der Waals surface area (Å²) in [5.41, 5.74) is 0.627. The van der Waals surface area contributed by atoms with Crippen LogP contribution in [-0.2, 0) is 6.42 Å². The Labute approximate surface area is 92.5 Å². The molecule has 0 saturated heterocycles. The molecule has 1 N–H and O–H groups in total. The van der Waals surface area contributed by atoms with E-state index in [-0.39, 0.29) is 0 Å². The lowest BCUT2D eigenvalue weighted by Crippen LogP contribution is -2.11. The minimum absolute atomic E-state index is 0.373. The topological polar surface area (TPSA) is 20.2 Å². The predicted octanol–water partition coefficient (Wildman–Crippen LogP) is 2.62. The van der Waals surface area contributed by atoms with Gasteiger partial charge in [-0.2, -0.15) is 11.8 Å². The molecule has 0 aromatic heterocycles. The number of hydrogen-bond donors (Lipinski definition) is 1. The molecule has 0 saturated carbocycles. The van der Waals surface area contributed by atoms with Crippen molar-refractivity contribution >= 4 is 11.8 Å². The Kier molecular flexibility index (Phi) is 5.05. The van der Waals surface area contributed by atoms with Gasteiger partial charge < -0.3 is 5.11 Å². The molecular formula is C11H14F2OS. The molecule has 4 heteroatoms. The van der Waals surface area contributed by atoms with Crippen LogP contribution in [0.2, 0.25) is 0 Å². The summed E-state index contributed by atoms with van der Waals surface area (Å²) in [5, 5.41) is 9.56. The number of thioether (sulfide) groups is 1. The van der Waals surface area contributed by atoms with Gasteiger partial charge in [0.15, 0.2) is 11.6 Å². The first-order valence-corrected chi connectivity index (χ1v) is 6.14. The molecule has 1 rings (SSSR count). The van der Waals surface area contributed by atoms with E-state index in [0.29, 0.717) is 18.4 Å². The zero-order valence-electron chi connectivity index (χ0n) is 8.54. The number of hydrogen-bond acceptors (Lipinski definition) is 2. The van der Waals surface area contributed by atoms with Gasteiger partial charge in [0, 0.05) is 0 Å². The average molecular weight is 232 g/mol. The van der Waals surface area contributed by atoms with Crippen LogP contribution < -0.4 is 0 Å². The zero-order valence-corrected chi connectivity index (χ0v) is 9.36. The lowest BCUT2D eigenvalue weighted by molar-refractivity contribution is 0.172. The summed E-state index contributed by atoms with van der Waals surface area (Å²) in [6.45, 7) is 0. The van der Waals surface area contributed by atoms with Gasteiger partial charge >= 0.3 is 0 Å². The van der Waals surface area contributed by atoms with E-state index in [1.807, 2.05) is 6.26 Å². The standard InChI is InChI=1S/C11H14F2OS/c1-15-5-4-9(14)6-8-2-3-10(12)11(13)7-8/h2-3,7,9,14H,4-6H2,1H3. The van der Waals surface area contributed by atoms with Crippen LogP contribution in [0.1, 0.15) is 12.0 Å². The highest BCUT2D eigenvalue weighted by atomic mass is 32.2. The Hall–Kier alpha value is -0.610. The Bertz CT molecular complexity index is 317. The van der Waals surface area contributed by atoms with Crippen molar-refractivity contribution in [3.63, 3.8) is 0 Å². The van der Waals surface area contributed by atoms with Crippen LogP contribution in [0.15, 0.2) is 18.2 Å². The molecule has 1 aromatic carbocycles. The molecule has 0 fully saturated rings. The van der Waals surface area contributed by atoms with E-state index in [1.54, 1.807) is 11.8 Å². The summed E-state index contributed by atoms with van der Waals surface area (Å²) in [7, 11) is 0. The van der Waals surface area contributed by atoms with Crippen LogP contribution in [-0.4, -0.2) is 23.2 Å². The smallest absolute Gasteiger partial charge is 0.159 e. The molecule has 15 heavy (non-hydrogen) atoms. The Morgan fingerprint density at radius 1 is 1.33 bits per heavy atom. The fraction of sp³-hybridized carbons (Fsp3) is 0.455. The first-order valence-electron chi connectivity index (χ1n) is 4.74. The van der Waals surface area contributed by atoms with E-state index in [4.69, 9.17) is 0 Å². The largest absolute Gasteiger partial charge is 0.393 e. The minimum Gasteiger partial charge on any atom is -0.393 e. The van der Waals surface area contributed by atoms with Crippen molar-refractivity contribution in [1.29, 1.82) is 0 Å². The number of aliphatic hydroxyl groups excluding tert-OH is 1. The molecule has 0 spiro atoms. The lowest BCUT2D eigenvalue weighted by atomic mass is 10.1. The van der Waals surface area contributed by atoms with Gasteiger partial charge in [0.1, 0.15) is 0 Å². The van der Waals surface area contributed by atoms with Crippen molar-refractivity contribution in [2.45, 2.75) is 18.9 Å². The van der Waals surface area contributed by atoms with Gasteiger partial charge in [-0.1, -0.05) is 6.07 Å². The molecule has 84 valence electrons. The highest BCUT2D eigenvalue weighted by Gasteiger charge is 2.07. The van der Waals surface area contributed by atoms with E-state index in [9.17, 15) is 13.9 Å². The highest BCUT2D eigenvalue weighted by Crippen LogP contribution is 2.12. The number of aliphatic hydroxyl groups is 1. The summed E-state index contributed by atoms with van der Waals surface area (Å²) in [6, 6.07) is 3.73. The lowest BCUT2D eigenvalue weighted by Gasteiger charge is -2.09.